The number of hydrogen-bond acceptors (Lipinski definition) is 1. The molecule has 0 radical (unpaired) electrons. The summed E-state index contributed by atoms with van der Waals surface area (Å²) in [4.78, 5) is 12.3. The minimum atomic E-state index is -0.652. The predicted octanol–water partition coefficient (Wildman–Crippen LogP) is 5.06. The van der Waals surface area contributed by atoms with E-state index in [0.717, 1.165) is 25.7 Å². The molecule has 1 aromatic rings. The molecule has 1 aromatic carbocycles. The van der Waals surface area contributed by atoms with Crippen LogP contribution >= 0.6 is 15.9 Å². The molecule has 0 amide bonds. The van der Waals surface area contributed by atoms with Gasteiger partial charge < -0.3 is 0 Å². The maximum atomic E-state index is 13.9. The molecule has 20 heavy (non-hydrogen) atoms. The molecule has 2 atom stereocenters. The van der Waals surface area contributed by atoms with Crippen LogP contribution in [0.1, 0.15) is 44.6 Å². The van der Waals surface area contributed by atoms with Gasteiger partial charge in [-0.15, -0.1) is 0 Å². The Balaban J connectivity index is 2.10. The van der Waals surface area contributed by atoms with E-state index in [-0.39, 0.29) is 28.2 Å². The molecule has 0 N–H and O–H groups in total. The Morgan fingerprint density at radius 1 is 1.35 bits per heavy atom. The van der Waals surface area contributed by atoms with Crippen LogP contribution in [-0.2, 0) is 11.2 Å². The molecule has 2 unspecified atom stereocenters. The first-order valence-electron chi connectivity index (χ1n) is 7.18. The van der Waals surface area contributed by atoms with Crippen LogP contribution in [-0.4, -0.2) is 5.78 Å². The van der Waals surface area contributed by atoms with Crippen molar-refractivity contribution < 1.29 is 13.6 Å². The van der Waals surface area contributed by atoms with Gasteiger partial charge in [0.2, 0.25) is 0 Å². The van der Waals surface area contributed by atoms with Gasteiger partial charge in [-0.2, -0.15) is 0 Å². The number of benzene rings is 1. The fourth-order valence-corrected chi connectivity index (χ4v) is 3.38. The largest absolute Gasteiger partial charge is 0.299 e. The number of ketones is 1. The first kappa shape index (κ1) is 15.6. The quantitative estimate of drug-likeness (QED) is 0.698. The second kappa shape index (κ2) is 6.79. The van der Waals surface area contributed by atoms with E-state index in [1.165, 1.54) is 18.6 Å². The van der Waals surface area contributed by atoms with Gasteiger partial charge in [-0.3, -0.25) is 4.79 Å². The highest BCUT2D eigenvalue weighted by Crippen LogP contribution is 2.33. The van der Waals surface area contributed by atoms with E-state index in [4.69, 9.17) is 0 Å². The Hall–Kier alpha value is -0.770. The van der Waals surface area contributed by atoms with Crippen LogP contribution in [0.2, 0.25) is 0 Å². The second-order valence-electron chi connectivity index (χ2n) is 5.60. The molecular formula is C16H19BrF2O. The third kappa shape index (κ3) is 3.46. The summed E-state index contributed by atoms with van der Waals surface area (Å²) >= 11 is 3.03. The number of carbonyl (C=O) groups excluding carboxylic acids is 1. The van der Waals surface area contributed by atoms with Crippen LogP contribution in [0.25, 0.3) is 0 Å². The predicted molar refractivity (Wildman–Crippen MR) is 78.5 cm³/mol. The van der Waals surface area contributed by atoms with E-state index in [9.17, 15) is 13.6 Å². The Labute approximate surface area is 126 Å². The van der Waals surface area contributed by atoms with Crippen LogP contribution in [0.3, 0.4) is 0 Å². The number of hydrogen-bond donors (Lipinski definition) is 0. The highest BCUT2D eigenvalue weighted by atomic mass is 79.9. The molecule has 0 bridgehead atoms. The Kier molecular flexibility index (Phi) is 5.30. The molecule has 2 rings (SSSR count). The van der Waals surface area contributed by atoms with Crippen molar-refractivity contribution in [2.45, 2.75) is 45.4 Å². The van der Waals surface area contributed by atoms with Gasteiger partial charge >= 0.3 is 0 Å². The van der Waals surface area contributed by atoms with E-state index < -0.39 is 11.6 Å². The zero-order valence-electron chi connectivity index (χ0n) is 11.6. The van der Waals surface area contributed by atoms with Crippen molar-refractivity contribution in [2.75, 3.05) is 0 Å². The highest BCUT2D eigenvalue weighted by Gasteiger charge is 2.27. The Bertz CT molecular complexity index is 501. The molecule has 4 heteroatoms. The summed E-state index contributed by atoms with van der Waals surface area (Å²) in [5.41, 5.74) is -0.108. The van der Waals surface area contributed by atoms with Gasteiger partial charge in [0.05, 0.1) is 4.47 Å². The summed E-state index contributed by atoms with van der Waals surface area (Å²) in [5.74, 6) is -0.775. The molecule has 110 valence electrons. The minimum absolute atomic E-state index is 0.0287. The fourth-order valence-electron chi connectivity index (χ4n) is 3.00. The molecule has 1 saturated carbocycles. The summed E-state index contributed by atoms with van der Waals surface area (Å²) in [5, 5.41) is 0. The summed E-state index contributed by atoms with van der Waals surface area (Å²) in [6.07, 6.45) is 4.86. The molecule has 0 aliphatic heterocycles. The lowest BCUT2D eigenvalue weighted by atomic mass is 9.77. The van der Waals surface area contributed by atoms with E-state index in [0.29, 0.717) is 5.92 Å². The fraction of sp³-hybridized carbons (Fsp3) is 0.562. The van der Waals surface area contributed by atoms with Crippen LogP contribution in [0.4, 0.5) is 8.78 Å². The standard InChI is InChI=1S/C16H19BrF2O/c1-2-10-4-3-5-11(8-10)15(20)9-12-14(18)7-6-13(17)16(12)19/h6-7,10-11H,2-5,8-9H2,1H3. The molecular weight excluding hydrogens is 326 g/mol. The van der Waals surface area contributed by atoms with Crippen LogP contribution < -0.4 is 0 Å². The van der Waals surface area contributed by atoms with E-state index >= 15 is 0 Å². The second-order valence-corrected chi connectivity index (χ2v) is 6.46. The topological polar surface area (TPSA) is 17.1 Å². The van der Waals surface area contributed by atoms with Gasteiger partial charge in [0.25, 0.3) is 0 Å². The van der Waals surface area contributed by atoms with Crippen molar-refractivity contribution in [3.8, 4) is 0 Å². The molecule has 0 heterocycles. The minimum Gasteiger partial charge on any atom is -0.299 e. The number of carbonyl (C=O) groups is 1. The molecule has 0 spiro atoms. The molecule has 1 aliphatic rings. The molecule has 1 fully saturated rings. The van der Waals surface area contributed by atoms with Gasteiger partial charge in [0.15, 0.2) is 0 Å². The lowest BCUT2D eigenvalue weighted by Crippen LogP contribution is -2.24. The van der Waals surface area contributed by atoms with Crippen molar-refractivity contribution in [2.24, 2.45) is 11.8 Å². The van der Waals surface area contributed by atoms with Crippen LogP contribution in [0.15, 0.2) is 16.6 Å². The molecule has 1 nitrogen and oxygen atoms in total. The van der Waals surface area contributed by atoms with Crippen molar-refractivity contribution in [3.05, 3.63) is 33.8 Å². The molecule has 1 aliphatic carbocycles. The summed E-state index contributed by atoms with van der Waals surface area (Å²) < 4.78 is 27.8. The normalized spacial score (nSPS) is 22.8. The highest BCUT2D eigenvalue weighted by molar-refractivity contribution is 9.10. The maximum absolute atomic E-state index is 13.9. The van der Waals surface area contributed by atoms with Gasteiger partial charge in [0.1, 0.15) is 17.4 Å². The van der Waals surface area contributed by atoms with Gasteiger partial charge in [-0.1, -0.05) is 26.2 Å². The van der Waals surface area contributed by atoms with Gasteiger partial charge in [-0.25, -0.2) is 8.78 Å². The van der Waals surface area contributed by atoms with Gasteiger partial charge in [0, 0.05) is 17.9 Å². The Morgan fingerprint density at radius 3 is 2.80 bits per heavy atom. The average Bonchev–Trinajstić information content (AvgIpc) is 2.47. The maximum Gasteiger partial charge on any atom is 0.143 e. The van der Waals surface area contributed by atoms with Crippen molar-refractivity contribution in [1.82, 2.24) is 0 Å². The zero-order chi connectivity index (χ0) is 14.7. The lowest BCUT2D eigenvalue weighted by molar-refractivity contribution is -0.123. The first-order valence-corrected chi connectivity index (χ1v) is 7.97. The average molecular weight is 345 g/mol. The number of Topliss-reactive ketones (excluding diaryl/α,β-unsaturated/α-hetero) is 1. The smallest absolute Gasteiger partial charge is 0.143 e. The SMILES string of the molecule is CCC1CCCC(C(=O)Cc2c(F)ccc(Br)c2F)C1. The third-order valence-electron chi connectivity index (χ3n) is 4.31. The van der Waals surface area contributed by atoms with Crippen LogP contribution in [0, 0.1) is 23.5 Å². The van der Waals surface area contributed by atoms with Crippen LogP contribution in [0.5, 0.6) is 0 Å². The summed E-state index contributed by atoms with van der Waals surface area (Å²) in [6, 6.07) is 2.53. The van der Waals surface area contributed by atoms with Crippen molar-refractivity contribution in [3.63, 3.8) is 0 Å². The third-order valence-corrected chi connectivity index (χ3v) is 4.92. The summed E-state index contributed by atoms with van der Waals surface area (Å²) in [6.45, 7) is 2.13. The number of halogens is 3. The van der Waals surface area contributed by atoms with E-state index in [1.54, 1.807) is 0 Å². The van der Waals surface area contributed by atoms with Gasteiger partial charge in [-0.05, 0) is 46.8 Å². The zero-order valence-corrected chi connectivity index (χ0v) is 13.2. The monoisotopic (exact) mass is 344 g/mol. The first-order chi connectivity index (χ1) is 9.52. The van der Waals surface area contributed by atoms with Crippen molar-refractivity contribution in [1.29, 1.82) is 0 Å². The molecule has 0 aromatic heterocycles. The van der Waals surface area contributed by atoms with Crippen molar-refractivity contribution >= 4 is 21.7 Å². The van der Waals surface area contributed by atoms with E-state index in [2.05, 4.69) is 22.9 Å². The van der Waals surface area contributed by atoms with E-state index in [1.807, 2.05) is 0 Å². The lowest BCUT2D eigenvalue weighted by Gasteiger charge is -2.27. The number of rotatable bonds is 4. The summed E-state index contributed by atoms with van der Waals surface area (Å²) in [7, 11) is 0. The molecule has 0 saturated heterocycles. The Morgan fingerprint density at radius 2 is 2.10 bits per heavy atom.